The Kier molecular flexibility index (Phi) is 3.54. The second-order valence-electron chi connectivity index (χ2n) is 6.76. The van der Waals surface area contributed by atoms with E-state index in [-0.39, 0.29) is 24.1 Å². The third-order valence-corrected chi connectivity index (χ3v) is 4.64. The molecule has 1 aliphatic heterocycles. The highest BCUT2D eigenvalue weighted by Gasteiger charge is 2.51. The number of benzene rings is 2. The van der Waals surface area contributed by atoms with Crippen LogP contribution in [0.4, 0.5) is 0 Å². The first-order chi connectivity index (χ1) is 10.3. The van der Waals surface area contributed by atoms with E-state index in [2.05, 4.69) is 27.7 Å². The first kappa shape index (κ1) is 15.1. The summed E-state index contributed by atoms with van der Waals surface area (Å²) < 4.78 is 12.1. The molecule has 0 unspecified atom stereocenters. The number of hydrogen-bond donors (Lipinski definition) is 1. The molecule has 3 nitrogen and oxygen atoms in total. The van der Waals surface area contributed by atoms with Gasteiger partial charge in [0.2, 0.25) is 0 Å². The number of phenolic OH excluding ortho intramolecular Hbond substituents is 1. The summed E-state index contributed by atoms with van der Waals surface area (Å²) in [5, 5.41) is 9.36. The van der Waals surface area contributed by atoms with Crippen LogP contribution in [0.15, 0.2) is 48.5 Å². The van der Waals surface area contributed by atoms with Gasteiger partial charge in [-0.1, -0.05) is 36.4 Å². The van der Waals surface area contributed by atoms with Crippen molar-refractivity contribution in [1.82, 2.24) is 0 Å². The van der Waals surface area contributed by atoms with Crippen molar-refractivity contribution in [3.8, 4) is 16.9 Å². The predicted molar refractivity (Wildman–Crippen MR) is 89.3 cm³/mol. The van der Waals surface area contributed by atoms with Crippen LogP contribution in [0.5, 0.6) is 5.75 Å². The average molecular weight is 296 g/mol. The Balaban J connectivity index is 1.82. The molecule has 2 aromatic carbocycles. The van der Waals surface area contributed by atoms with Crippen molar-refractivity contribution >= 4 is 12.6 Å². The van der Waals surface area contributed by atoms with E-state index in [0.29, 0.717) is 0 Å². The monoisotopic (exact) mass is 296 g/mol. The predicted octanol–water partition coefficient (Wildman–Crippen LogP) is 3.36. The largest absolute Gasteiger partial charge is 0.508 e. The van der Waals surface area contributed by atoms with E-state index in [9.17, 15) is 5.11 Å². The molecule has 114 valence electrons. The van der Waals surface area contributed by atoms with Gasteiger partial charge < -0.3 is 14.4 Å². The molecule has 1 aliphatic rings. The molecule has 3 rings (SSSR count). The van der Waals surface area contributed by atoms with Crippen LogP contribution in [0.25, 0.3) is 11.1 Å². The van der Waals surface area contributed by atoms with E-state index in [4.69, 9.17) is 9.31 Å². The highest BCUT2D eigenvalue weighted by atomic mass is 16.7. The lowest BCUT2D eigenvalue weighted by Gasteiger charge is -2.32. The molecular weight excluding hydrogens is 275 g/mol. The SMILES string of the molecule is CC1(C)OB(c2ccc(-c3ccc(O)cc3)cc2)OC1(C)C. The zero-order valence-electron chi connectivity index (χ0n) is 13.5. The molecule has 1 N–H and O–H groups in total. The van der Waals surface area contributed by atoms with Gasteiger partial charge in [0.25, 0.3) is 0 Å². The molecule has 1 heterocycles. The molecule has 0 aliphatic carbocycles. The van der Waals surface area contributed by atoms with Gasteiger partial charge >= 0.3 is 7.12 Å². The topological polar surface area (TPSA) is 38.7 Å². The molecule has 0 saturated carbocycles. The van der Waals surface area contributed by atoms with Gasteiger partial charge in [-0.15, -0.1) is 0 Å². The van der Waals surface area contributed by atoms with Crippen molar-refractivity contribution < 1.29 is 14.4 Å². The molecular formula is C18H21BO3. The van der Waals surface area contributed by atoms with Crippen LogP contribution in [0.3, 0.4) is 0 Å². The van der Waals surface area contributed by atoms with Gasteiger partial charge in [-0.25, -0.2) is 0 Å². The third kappa shape index (κ3) is 2.64. The van der Waals surface area contributed by atoms with Gasteiger partial charge in [-0.2, -0.15) is 0 Å². The molecule has 4 heteroatoms. The normalized spacial score (nSPS) is 19.4. The second kappa shape index (κ2) is 5.15. The van der Waals surface area contributed by atoms with E-state index in [1.165, 1.54) is 0 Å². The average Bonchev–Trinajstić information content (AvgIpc) is 2.68. The summed E-state index contributed by atoms with van der Waals surface area (Å²) in [6.07, 6.45) is 0. The Hall–Kier alpha value is -1.78. The fourth-order valence-electron chi connectivity index (χ4n) is 2.47. The number of phenols is 1. The van der Waals surface area contributed by atoms with E-state index in [1.54, 1.807) is 12.1 Å². The fraction of sp³-hybridized carbons (Fsp3) is 0.333. The van der Waals surface area contributed by atoms with Crippen molar-refractivity contribution in [2.75, 3.05) is 0 Å². The lowest BCUT2D eigenvalue weighted by molar-refractivity contribution is 0.00578. The molecule has 0 atom stereocenters. The van der Waals surface area contributed by atoms with Gasteiger partial charge in [-0.05, 0) is 56.4 Å². The Morgan fingerprint density at radius 2 is 1.14 bits per heavy atom. The second-order valence-corrected chi connectivity index (χ2v) is 6.76. The fourth-order valence-corrected chi connectivity index (χ4v) is 2.47. The smallest absolute Gasteiger partial charge is 0.494 e. The molecule has 22 heavy (non-hydrogen) atoms. The summed E-state index contributed by atoms with van der Waals surface area (Å²) in [5.41, 5.74) is 2.53. The lowest BCUT2D eigenvalue weighted by Crippen LogP contribution is -2.41. The van der Waals surface area contributed by atoms with Gasteiger partial charge in [0.05, 0.1) is 11.2 Å². The minimum Gasteiger partial charge on any atom is -0.508 e. The van der Waals surface area contributed by atoms with Crippen LogP contribution in [0.1, 0.15) is 27.7 Å². The van der Waals surface area contributed by atoms with Crippen LogP contribution in [-0.4, -0.2) is 23.4 Å². The standard InChI is InChI=1S/C18H21BO3/c1-17(2)18(3,4)22-19(21-17)15-9-5-13(6-10-15)14-7-11-16(20)12-8-14/h5-12,20H,1-4H3. The molecule has 0 amide bonds. The number of hydrogen-bond acceptors (Lipinski definition) is 3. The van der Waals surface area contributed by atoms with E-state index in [0.717, 1.165) is 16.6 Å². The Morgan fingerprint density at radius 1 is 0.727 bits per heavy atom. The van der Waals surface area contributed by atoms with Crippen molar-refractivity contribution in [3.63, 3.8) is 0 Å². The lowest BCUT2D eigenvalue weighted by atomic mass is 9.78. The molecule has 0 bridgehead atoms. The molecule has 0 aromatic heterocycles. The molecule has 1 saturated heterocycles. The van der Waals surface area contributed by atoms with Crippen LogP contribution < -0.4 is 5.46 Å². The highest BCUT2D eigenvalue weighted by Crippen LogP contribution is 2.36. The van der Waals surface area contributed by atoms with Crippen molar-refractivity contribution in [2.24, 2.45) is 0 Å². The summed E-state index contributed by atoms with van der Waals surface area (Å²) in [6, 6.07) is 15.3. The first-order valence-electron chi connectivity index (χ1n) is 7.53. The van der Waals surface area contributed by atoms with Crippen LogP contribution >= 0.6 is 0 Å². The maximum atomic E-state index is 9.36. The van der Waals surface area contributed by atoms with Gasteiger partial charge in [0, 0.05) is 0 Å². The van der Waals surface area contributed by atoms with Crippen molar-refractivity contribution in [2.45, 2.75) is 38.9 Å². The zero-order valence-corrected chi connectivity index (χ0v) is 13.5. The van der Waals surface area contributed by atoms with Gasteiger partial charge in [0.1, 0.15) is 5.75 Å². The maximum absolute atomic E-state index is 9.36. The van der Waals surface area contributed by atoms with Crippen molar-refractivity contribution in [1.29, 1.82) is 0 Å². The number of aromatic hydroxyl groups is 1. The van der Waals surface area contributed by atoms with E-state index < -0.39 is 0 Å². The van der Waals surface area contributed by atoms with Gasteiger partial charge in [-0.3, -0.25) is 0 Å². The molecule has 0 spiro atoms. The van der Waals surface area contributed by atoms with Crippen molar-refractivity contribution in [3.05, 3.63) is 48.5 Å². The highest BCUT2D eigenvalue weighted by molar-refractivity contribution is 6.62. The summed E-state index contributed by atoms with van der Waals surface area (Å²) in [6.45, 7) is 8.21. The molecule has 2 aromatic rings. The Labute approximate surface area is 132 Å². The van der Waals surface area contributed by atoms with Crippen LogP contribution in [0.2, 0.25) is 0 Å². The maximum Gasteiger partial charge on any atom is 0.494 e. The summed E-state index contributed by atoms with van der Waals surface area (Å²) in [4.78, 5) is 0. The summed E-state index contributed by atoms with van der Waals surface area (Å²) in [7, 11) is -0.334. The minimum absolute atomic E-state index is 0.276. The number of rotatable bonds is 2. The van der Waals surface area contributed by atoms with Gasteiger partial charge in [0.15, 0.2) is 0 Å². The first-order valence-corrected chi connectivity index (χ1v) is 7.53. The molecule has 1 fully saturated rings. The third-order valence-electron chi connectivity index (χ3n) is 4.64. The minimum atomic E-state index is -0.334. The summed E-state index contributed by atoms with van der Waals surface area (Å²) in [5.74, 6) is 0.276. The van der Waals surface area contributed by atoms with Crippen LogP contribution in [-0.2, 0) is 9.31 Å². The Morgan fingerprint density at radius 3 is 1.59 bits per heavy atom. The quantitative estimate of drug-likeness (QED) is 0.864. The van der Waals surface area contributed by atoms with E-state index >= 15 is 0 Å². The van der Waals surface area contributed by atoms with Crippen LogP contribution in [0, 0.1) is 0 Å². The Bertz CT molecular complexity index is 644. The van der Waals surface area contributed by atoms with E-state index in [1.807, 2.05) is 36.4 Å². The summed E-state index contributed by atoms with van der Waals surface area (Å²) >= 11 is 0. The molecule has 0 radical (unpaired) electrons. The zero-order chi connectivity index (χ0) is 16.0.